The first-order chi connectivity index (χ1) is 13.3. The van der Waals surface area contributed by atoms with E-state index in [2.05, 4.69) is 10.0 Å². The van der Waals surface area contributed by atoms with Crippen molar-refractivity contribution in [3.63, 3.8) is 0 Å². The molecule has 0 radical (unpaired) electrons. The number of nitrogens with one attached hydrogen (secondary N) is 2. The highest BCUT2D eigenvalue weighted by Gasteiger charge is 2.22. The molecule has 0 bridgehead atoms. The molecule has 0 aromatic heterocycles. The number of rotatable bonds is 10. The van der Waals surface area contributed by atoms with Gasteiger partial charge in [-0.1, -0.05) is 30.3 Å². The Morgan fingerprint density at radius 3 is 2.36 bits per heavy atom. The van der Waals surface area contributed by atoms with Gasteiger partial charge in [0.15, 0.2) is 0 Å². The molecule has 7 nitrogen and oxygen atoms in total. The SMILES string of the molecule is N[C@@H](Cc1ccccc1)[C@@H](O)C(=O)NCCCNS(=O)(=O)c1ccc(F)cc1. The summed E-state index contributed by atoms with van der Waals surface area (Å²) >= 11 is 0. The second-order valence-electron chi connectivity index (χ2n) is 6.29. The molecule has 0 unspecified atom stereocenters. The fraction of sp³-hybridized carbons (Fsp3) is 0.316. The van der Waals surface area contributed by atoms with Crippen molar-refractivity contribution in [3.05, 3.63) is 66.0 Å². The topological polar surface area (TPSA) is 122 Å². The van der Waals surface area contributed by atoms with Crippen molar-refractivity contribution in [2.45, 2.75) is 29.9 Å². The summed E-state index contributed by atoms with van der Waals surface area (Å²) in [5.41, 5.74) is 6.80. The van der Waals surface area contributed by atoms with E-state index in [1.54, 1.807) is 0 Å². The number of aliphatic hydroxyl groups is 1. The minimum atomic E-state index is -3.74. The van der Waals surface area contributed by atoms with Crippen molar-refractivity contribution in [2.75, 3.05) is 13.1 Å². The zero-order chi connectivity index (χ0) is 20.6. The van der Waals surface area contributed by atoms with Gasteiger partial charge in [-0.15, -0.1) is 0 Å². The van der Waals surface area contributed by atoms with E-state index < -0.39 is 33.9 Å². The first kappa shape index (κ1) is 22.0. The van der Waals surface area contributed by atoms with Crippen LogP contribution in [0.25, 0.3) is 0 Å². The van der Waals surface area contributed by atoms with Gasteiger partial charge in [-0.3, -0.25) is 4.79 Å². The third kappa shape index (κ3) is 6.68. The molecule has 2 aromatic carbocycles. The summed E-state index contributed by atoms with van der Waals surface area (Å²) in [7, 11) is -3.74. The van der Waals surface area contributed by atoms with Crippen LogP contribution in [-0.2, 0) is 21.2 Å². The van der Waals surface area contributed by atoms with Crippen LogP contribution >= 0.6 is 0 Å². The Balaban J connectivity index is 1.70. The van der Waals surface area contributed by atoms with Gasteiger partial charge in [0, 0.05) is 19.1 Å². The second-order valence-corrected chi connectivity index (χ2v) is 8.06. The summed E-state index contributed by atoms with van der Waals surface area (Å²) in [5.74, 6) is -1.13. The molecular formula is C19H24FN3O4S. The van der Waals surface area contributed by atoms with E-state index in [0.29, 0.717) is 12.8 Å². The van der Waals surface area contributed by atoms with Crippen molar-refractivity contribution in [1.82, 2.24) is 10.0 Å². The Bertz CT molecular complexity index is 861. The molecule has 0 saturated heterocycles. The van der Waals surface area contributed by atoms with Crippen LogP contribution in [0.3, 0.4) is 0 Å². The number of halogens is 1. The maximum atomic E-state index is 12.9. The summed E-state index contributed by atoms with van der Waals surface area (Å²) in [6.45, 7) is 0.242. The van der Waals surface area contributed by atoms with Gasteiger partial charge in [0.2, 0.25) is 15.9 Å². The minimum Gasteiger partial charge on any atom is -0.382 e. The highest BCUT2D eigenvalue weighted by molar-refractivity contribution is 7.89. The van der Waals surface area contributed by atoms with Gasteiger partial charge in [-0.2, -0.15) is 0 Å². The highest BCUT2D eigenvalue weighted by atomic mass is 32.2. The molecule has 0 fully saturated rings. The quantitative estimate of drug-likeness (QED) is 0.427. The summed E-state index contributed by atoms with van der Waals surface area (Å²) in [4.78, 5) is 11.9. The molecule has 5 N–H and O–H groups in total. The lowest BCUT2D eigenvalue weighted by molar-refractivity contribution is -0.130. The molecule has 0 heterocycles. The number of hydrogen-bond acceptors (Lipinski definition) is 5. The van der Waals surface area contributed by atoms with Crippen molar-refractivity contribution >= 4 is 15.9 Å². The Labute approximate surface area is 163 Å². The molecule has 28 heavy (non-hydrogen) atoms. The molecule has 1 amide bonds. The summed E-state index contributed by atoms with van der Waals surface area (Å²) in [5, 5.41) is 12.6. The van der Waals surface area contributed by atoms with E-state index in [0.717, 1.165) is 17.7 Å². The fourth-order valence-electron chi connectivity index (χ4n) is 2.50. The molecule has 0 aliphatic rings. The van der Waals surface area contributed by atoms with Crippen LogP contribution in [0, 0.1) is 5.82 Å². The van der Waals surface area contributed by atoms with E-state index in [9.17, 15) is 22.7 Å². The molecule has 2 atom stereocenters. The number of sulfonamides is 1. The van der Waals surface area contributed by atoms with Crippen molar-refractivity contribution < 1.29 is 22.7 Å². The van der Waals surface area contributed by atoms with E-state index in [-0.39, 0.29) is 18.0 Å². The van der Waals surface area contributed by atoms with Crippen molar-refractivity contribution in [1.29, 1.82) is 0 Å². The lowest BCUT2D eigenvalue weighted by Gasteiger charge is -2.18. The van der Waals surface area contributed by atoms with E-state index in [1.807, 2.05) is 30.3 Å². The van der Waals surface area contributed by atoms with Gasteiger partial charge in [0.05, 0.1) is 4.90 Å². The smallest absolute Gasteiger partial charge is 0.250 e. The predicted octanol–water partition coefficient (Wildman–Crippen LogP) is 0.541. The van der Waals surface area contributed by atoms with Crippen molar-refractivity contribution in [2.24, 2.45) is 5.73 Å². The molecule has 0 aliphatic heterocycles. The highest BCUT2D eigenvalue weighted by Crippen LogP contribution is 2.09. The monoisotopic (exact) mass is 409 g/mol. The second kappa shape index (κ2) is 10.3. The Morgan fingerprint density at radius 2 is 1.71 bits per heavy atom. The van der Waals surface area contributed by atoms with Crippen LogP contribution in [0.4, 0.5) is 4.39 Å². The average molecular weight is 409 g/mol. The molecule has 0 aliphatic carbocycles. The third-order valence-corrected chi connectivity index (χ3v) is 5.53. The number of carbonyl (C=O) groups is 1. The van der Waals surface area contributed by atoms with Crippen LogP contribution in [0.2, 0.25) is 0 Å². The Hall–Kier alpha value is -2.33. The van der Waals surface area contributed by atoms with E-state index in [1.165, 1.54) is 12.1 Å². The molecular weight excluding hydrogens is 385 g/mol. The van der Waals surface area contributed by atoms with Crippen LogP contribution in [0.5, 0.6) is 0 Å². The molecule has 2 aromatic rings. The molecule has 9 heteroatoms. The van der Waals surface area contributed by atoms with Gasteiger partial charge in [0.1, 0.15) is 11.9 Å². The van der Waals surface area contributed by atoms with Crippen LogP contribution in [-0.4, -0.2) is 44.7 Å². The first-order valence-corrected chi connectivity index (χ1v) is 10.3. The number of hydrogen-bond donors (Lipinski definition) is 4. The maximum absolute atomic E-state index is 12.9. The first-order valence-electron chi connectivity index (χ1n) is 8.80. The standard InChI is InChI=1S/C19H24FN3O4S/c20-15-7-9-16(10-8-15)28(26,27)23-12-4-11-22-19(25)18(24)17(21)13-14-5-2-1-3-6-14/h1-3,5-10,17-18,23-24H,4,11-13,21H2,(H,22,25)/t17-,18+/m0/s1. The van der Waals surface area contributed by atoms with Crippen LogP contribution < -0.4 is 15.8 Å². The van der Waals surface area contributed by atoms with Gasteiger partial charge < -0.3 is 16.2 Å². The number of amides is 1. The number of aliphatic hydroxyl groups excluding tert-OH is 1. The zero-order valence-corrected chi connectivity index (χ0v) is 16.0. The fourth-order valence-corrected chi connectivity index (χ4v) is 3.57. The maximum Gasteiger partial charge on any atom is 0.250 e. The Kier molecular flexibility index (Phi) is 8.06. The third-order valence-electron chi connectivity index (χ3n) is 4.06. The summed E-state index contributed by atoms with van der Waals surface area (Å²) in [6, 6.07) is 13.0. The van der Waals surface area contributed by atoms with E-state index >= 15 is 0 Å². The van der Waals surface area contributed by atoms with Crippen LogP contribution in [0.15, 0.2) is 59.5 Å². The van der Waals surface area contributed by atoms with Gasteiger partial charge in [-0.25, -0.2) is 17.5 Å². The Morgan fingerprint density at radius 1 is 1.07 bits per heavy atom. The lowest BCUT2D eigenvalue weighted by Crippen LogP contribution is -2.47. The van der Waals surface area contributed by atoms with Gasteiger partial charge >= 0.3 is 0 Å². The molecule has 152 valence electrons. The predicted molar refractivity (Wildman–Crippen MR) is 103 cm³/mol. The summed E-state index contributed by atoms with van der Waals surface area (Å²) < 4.78 is 39.3. The number of benzene rings is 2. The molecule has 0 saturated carbocycles. The number of carbonyl (C=O) groups excluding carboxylic acids is 1. The number of nitrogens with two attached hydrogens (primary N) is 1. The van der Waals surface area contributed by atoms with Gasteiger partial charge in [-0.05, 0) is 42.7 Å². The van der Waals surface area contributed by atoms with E-state index in [4.69, 9.17) is 5.73 Å². The van der Waals surface area contributed by atoms with Crippen LogP contribution in [0.1, 0.15) is 12.0 Å². The lowest BCUT2D eigenvalue weighted by atomic mass is 10.0. The summed E-state index contributed by atoms with van der Waals surface area (Å²) in [6.07, 6.45) is -0.698. The minimum absolute atomic E-state index is 0.0414. The normalized spacial score (nSPS) is 13.7. The molecule has 2 rings (SSSR count). The zero-order valence-electron chi connectivity index (χ0n) is 15.2. The van der Waals surface area contributed by atoms with Gasteiger partial charge in [0.25, 0.3) is 0 Å². The largest absolute Gasteiger partial charge is 0.382 e. The van der Waals surface area contributed by atoms with Crippen molar-refractivity contribution in [3.8, 4) is 0 Å². The average Bonchev–Trinajstić information content (AvgIpc) is 2.68. The molecule has 0 spiro atoms.